The van der Waals surface area contributed by atoms with E-state index in [4.69, 9.17) is 16.7 Å². The zero-order valence-corrected chi connectivity index (χ0v) is 18.4. The van der Waals surface area contributed by atoms with E-state index in [1.165, 1.54) is 18.5 Å². The molecule has 32 heavy (non-hydrogen) atoms. The molecule has 0 aliphatic rings. The maximum atomic E-state index is 13.6. The van der Waals surface area contributed by atoms with Crippen LogP contribution in [0.3, 0.4) is 0 Å². The average molecular weight is 471 g/mol. The standard InChI is InChI=1S/C22H19ClN4O4S/c23-20-10-9-19-18(26-20)12-17(7-4-8-22(28)29)27(19)32(30,31)21-14-24-13-16(25-21)11-15-5-2-1-3-6-15/h1-3,5-6,9-10,12-14H,4,7-8,11H2,(H,28,29). The summed E-state index contributed by atoms with van der Waals surface area (Å²) in [7, 11) is -4.12. The maximum Gasteiger partial charge on any atom is 0.303 e. The van der Waals surface area contributed by atoms with Crippen molar-refractivity contribution in [3.05, 3.63) is 83.0 Å². The molecule has 4 aromatic rings. The monoisotopic (exact) mass is 470 g/mol. The highest BCUT2D eigenvalue weighted by Crippen LogP contribution is 2.26. The van der Waals surface area contributed by atoms with Gasteiger partial charge in [0.15, 0.2) is 5.03 Å². The number of aliphatic carboxylic acids is 1. The van der Waals surface area contributed by atoms with Crippen LogP contribution in [-0.2, 0) is 27.7 Å². The summed E-state index contributed by atoms with van der Waals surface area (Å²) in [5.74, 6) is -0.948. The lowest BCUT2D eigenvalue weighted by Crippen LogP contribution is -2.18. The van der Waals surface area contributed by atoms with Gasteiger partial charge in [0, 0.05) is 24.7 Å². The van der Waals surface area contributed by atoms with Gasteiger partial charge in [-0.1, -0.05) is 41.9 Å². The highest BCUT2D eigenvalue weighted by atomic mass is 35.5. The number of hydrogen-bond donors (Lipinski definition) is 1. The van der Waals surface area contributed by atoms with Crippen LogP contribution in [0.1, 0.15) is 29.8 Å². The van der Waals surface area contributed by atoms with Crippen LogP contribution < -0.4 is 0 Å². The number of aryl methyl sites for hydroxylation is 1. The number of pyridine rings is 1. The molecule has 0 spiro atoms. The van der Waals surface area contributed by atoms with Gasteiger partial charge in [0.2, 0.25) is 0 Å². The highest BCUT2D eigenvalue weighted by Gasteiger charge is 2.26. The molecule has 0 radical (unpaired) electrons. The molecule has 8 nitrogen and oxygen atoms in total. The fraction of sp³-hybridized carbons (Fsp3) is 0.182. The topological polar surface area (TPSA) is 115 Å². The lowest BCUT2D eigenvalue weighted by molar-refractivity contribution is -0.137. The number of rotatable bonds is 8. The van der Waals surface area contributed by atoms with Crippen LogP contribution in [-0.4, -0.2) is 38.4 Å². The number of carbonyl (C=O) groups is 1. The van der Waals surface area contributed by atoms with Gasteiger partial charge in [0.1, 0.15) is 5.15 Å². The summed E-state index contributed by atoms with van der Waals surface area (Å²) in [6.07, 6.45) is 3.61. The second-order valence-corrected chi connectivity index (χ2v) is 9.32. The first-order chi connectivity index (χ1) is 15.3. The van der Waals surface area contributed by atoms with E-state index in [1.807, 2.05) is 30.3 Å². The summed E-state index contributed by atoms with van der Waals surface area (Å²) in [4.78, 5) is 23.6. The molecule has 1 N–H and O–H groups in total. The number of benzene rings is 1. The quantitative estimate of drug-likeness (QED) is 0.390. The number of nitrogens with zero attached hydrogens (tertiary/aromatic N) is 4. The Labute approximate surface area is 189 Å². The van der Waals surface area contributed by atoms with Crippen molar-refractivity contribution in [1.82, 2.24) is 18.9 Å². The maximum absolute atomic E-state index is 13.6. The summed E-state index contributed by atoms with van der Waals surface area (Å²) in [5, 5.41) is 8.99. The van der Waals surface area contributed by atoms with Crippen molar-refractivity contribution >= 4 is 38.6 Å². The molecule has 0 bridgehead atoms. The number of fused-ring (bicyclic) bond motifs is 1. The molecular weight excluding hydrogens is 452 g/mol. The first-order valence-corrected chi connectivity index (χ1v) is 11.7. The minimum Gasteiger partial charge on any atom is -0.481 e. The predicted octanol–water partition coefficient (Wildman–Crippen LogP) is 3.71. The number of carboxylic acid groups (broad SMARTS) is 1. The predicted molar refractivity (Wildman–Crippen MR) is 119 cm³/mol. The lowest BCUT2D eigenvalue weighted by Gasteiger charge is -2.12. The summed E-state index contributed by atoms with van der Waals surface area (Å²) in [5.41, 5.74) is 2.65. The van der Waals surface area contributed by atoms with E-state index in [2.05, 4.69) is 15.0 Å². The van der Waals surface area contributed by atoms with Gasteiger partial charge in [-0.15, -0.1) is 0 Å². The molecule has 10 heteroatoms. The van der Waals surface area contributed by atoms with E-state index in [9.17, 15) is 13.2 Å². The Bertz CT molecular complexity index is 1390. The van der Waals surface area contributed by atoms with E-state index in [0.29, 0.717) is 28.8 Å². The largest absolute Gasteiger partial charge is 0.481 e. The molecule has 0 unspecified atom stereocenters. The molecule has 0 aliphatic carbocycles. The Morgan fingerprint density at radius 3 is 2.59 bits per heavy atom. The van der Waals surface area contributed by atoms with Gasteiger partial charge >= 0.3 is 5.97 Å². The third-order valence-corrected chi connectivity index (χ3v) is 6.72. The van der Waals surface area contributed by atoms with E-state index in [0.717, 1.165) is 9.54 Å². The van der Waals surface area contributed by atoms with Gasteiger partial charge in [0.25, 0.3) is 10.0 Å². The van der Waals surface area contributed by atoms with Crippen LogP contribution in [0.5, 0.6) is 0 Å². The minimum atomic E-state index is -4.12. The molecule has 0 amide bonds. The highest BCUT2D eigenvalue weighted by molar-refractivity contribution is 7.90. The number of carboxylic acids is 1. The first kappa shape index (κ1) is 21.9. The zero-order chi connectivity index (χ0) is 22.7. The van der Waals surface area contributed by atoms with Crippen LogP contribution in [0.2, 0.25) is 5.15 Å². The summed E-state index contributed by atoms with van der Waals surface area (Å²) < 4.78 is 28.4. The molecule has 1 aromatic carbocycles. The molecular formula is C22H19ClN4O4S. The van der Waals surface area contributed by atoms with Crippen molar-refractivity contribution in [1.29, 1.82) is 0 Å². The van der Waals surface area contributed by atoms with Crippen LogP contribution in [0.15, 0.2) is 66.0 Å². The van der Waals surface area contributed by atoms with Crippen molar-refractivity contribution in [2.75, 3.05) is 0 Å². The van der Waals surface area contributed by atoms with Gasteiger partial charge in [-0.05, 0) is 36.6 Å². The summed E-state index contributed by atoms with van der Waals surface area (Å²) in [6, 6.07) is 14.3. The van der Waals surface area contributed by atoms with Crippen LogP contribution in [0.25, 0.3) is 11.0 Å². The van der Waals surface area contributed by atoms with Gasteiger partial charge in [-0.25, -0.2) is 13.9 Å². The van der Waals surface area contributed by atoms with Crippen LogP contribution in [0, 0.1) is 0 Å². The second-order valence-electron chi connectivity index (χ2n) is 7.20. The molecule has 0 saturated heterocycles. The number of hydrogen-bond acceptors (Lipinski definition) is 6. The Balaban J connectivity index is 1.77. The van der Waals surface area contributed by atoms with Crippen molar-refractivity contribution in [2.24, 2.45) is 0 Å². The van der Waals surface area contributed by atoms with Crippen molar-refractivity contribution in [2.45, 2.75) is 30.7 Å². The van der Waals surface area contributed by atoms with E-state index < -0.39 is 16.0 Å². The molecule has 0 saturated carbocycles. The summed E-state index contributed by atoms with van der Waals surface area (Å²) >= 11 is 5.99. The summed E-state index contributed by atoms with van der Waals surface area (Å²) in [6.45, 7) is 0. The Morgan fingerprint density at radius 1 is 1.06 bits per heavy atom. The van der Waals surface area contributed by atoms with Crippen LogP contribution >= 0.6 is 11.6 Å². The van der Waals surface area contributed by atoms with Gasteiger partial charge in [0.05, 0.1) is 22.9 Å². The van der Waals surface area contributed by atoms with Gasteiger partial charge in [-0.3, -0.25) is 9.78 Å². The zero-order valence-electron chi connectivity index (χ0n) is 16.8. The number of aromatic nitrogens is 4. The Hall–Kier alpha value is -3.30. The molecule has 0 atom stereocenters. The molecule has 3 heterocycles. The molecule has 4 rings (SSSR count). The van der Waals surface area contributed by atoms with Crippen molar-refractivity contribution in [3.63, 3.8) is 0 Å². The minimum absolute atomic E-state index is 0.0812. The first-order valence-electron chi connectivity index (χ1n) is 9.84. The molecule has 0 aliphatic heterocycles. The molecule has 3 aromatic heterocycles. The SMILES string of the molecule is O=C(O)CCCc1cc2nc(Cl)ccc2n1S(=O)(=O)c1cncc(Cc2ccccc2)n1. The Morgan fingerprint density at radius 2 is 1.84 bits per heavy atom. The van der Waals surface area contributed by atoms with Gasteiger partial charge in [-0.2, -0.15) is 8.42 Å². The fourth-order valence-corrected chi connectivity index (χ4v) is 5.10. The fourth-order valence-electron chi connectivity index (χ4n) is 3.46. The Kier molecular flexibility index (Phi) is 6.20. The van der Waals surface area contributed by atoms with Crippen LogP contribution in [0.4, 0.5) is 0 Å². The molecule has 164 valence electrons. The third kappa shape index (κ3) is 4.63. The van der Waals surface area contributed by atoms with E-state index >= 15 is 0 Å². The van der Waals surface area contributed by atoms with Gasteiger partial charge < -0.3 is 5.11 Å². The molecule has 0 fully saturated rings. The third-order valence-electron chi connectivity index (χ3n) is 4.87. The number of halogens is 1. The van der Waals surface area contributed by atoms with Crippen molar-refractivity contribution < 1.29 is 18.3 Å². The lowest BCUT2D eigenvalue weighted by atomic mass is 10.1. The normalized spacial score (nSPS) is 11.7. The van der Waals surface area contributed by atoms with Crippen molar-refractivity contribution in [3.8, 4) is 0 Å². The van der Waals surface area contributed by atoms with E-state index in [-0.39, 0.29) is 29.4 Å². The smallest absolute Gasteiger partial charge is 0.303 e. The van der Waals surface area contributed by atoms with E-state index in [1.54, 1.807) is 12.1 Å². The second kappa shape index (κ2) is 9.05. The average Bonchev–Trinajstić information content (AvgIpc) is 3.12.